The quantitative estimate of drug-likeness (QED) is 0.802. The van der Waals surface area contributed by atoms with Crippen LogP contribution in [0.5, 0.6) is 11.5 Å². The van der Waals surface area contributed by atoms with E-state index in [0.29, 0.717) is 21.9 Å². The predicted octanol–water partition coefficient (Wildman–Crippen LogP) is 3.76. The molecule has 0 saturated carbocycles. The number of ether oxygens (including phenoxy) is 2. The minimum Gasteiger partial charge on any atom is -0.496 e. The van der Waals surface area contributed by atoms with Crippen LogP contribution in [0.25, 0.3) is 0 Å². The fourth-order valence-corrected chi connectivity index (χ4v) is 2.78. The summed E-state index contributed by atoms with van der Waals surface area (Å²) in [6.45, 7) is 0. The van der Waals surface area contributed by atoms with Gasteiger partial charge in [-0.15, -0.1) is 11.3 Å². The third-order valence-electron chi connectivity index (χ3n) is 2.46. The van der Waals surface area contributed by atoms with Crippen molar-refractivity contribution < 1.29 is 14.3 Å². The average molecular weight is 327 g/mol. The molecule has 0 spiro atoms. The van der Waals surface area contributed by atoms with Gasteiger partial charge in [-0.1, -0.05) is 15.9 Å². The molecule has 0 aliphatic heterocycles. The molecule has 5 heteroatoms. The van der Waals surface area contributed by atoms with Crippen molar-refractivity contribution >= 4 is 33.0 Å². The number of rotatable bonds is 4. The number of thiophene rings is 1. The summed E-state index contributed by atoms with van der Waals surface area (Å²) >= 11 is 4.71. The zero-order chi connectivity index (χ0) is 13.1. The number of ketones is 1. The van der Waals surface area contributed by atoms with Crippen molar-refractivity contribution in [2.75, 3.05) is 14.2 Å². The minimum absolute atomic E-state index is 0.0972. The Morgan fingerprint density at radius 2 is 1.89 bits per heavy atom. The van der Waals surface area contributed by atoms with E-state index in [2.05, 4.69) is 15.9 Å². The number of hydrogen-bond donors (Lipinski definition) is 0. The summed E-state index contributed by atoms with van der Waals surface area (Å²) < 4.78 is 11.2. The zero-order valence-electron chi connectivity index (χ0n) is 9.90. The summed E-state index contributed by atoms with van der Waals surface area (Å²) in [5.41, 5.74) is 0.521. The first-order valence-electron chi connectivity index (χ1n) is 5.17. The number of hydrogen-bond acceptors (Lipinski definition) is 4. The summed E-state index contributed by atoms with van der Waals surface area (Å²) in [6.07, 6.45) is 0. The van der Waals surface area contributed by atoms with Crippen LogP contribution in [0.3, 0.4) is 0 Å². The molecule has 1 aromatic heterocycles. The van der Waals surface area contributed by atoms with Crippen LogP contribution in [0.4, 0.5) is 0 Å². The van der Waals surface area contributed by atoms with E-state index in [0.717, 1.165) is 4.47 Å². The molecule has 0 unspecified atom stereocenters. The summed E-state index contributed by atoms with van der Waals surface area (Å²) in [7, 11) is 3.10. The van der Waals surface area contributed by atoms with E-state index in [4.69, 9.17) is 9.47 Å². The molecule has 1 aromatic carbocycles. The molecule has 0 aliphatic carbocycles. The molecule has 3 nitrogen and oxygen atoms in total. The van der Waals surface area contributed by atoms with Crippen molar-refractivity contribution in [3.63, 3.8) is 0 Å². The normalized spacial score (nSPS) is 10.2. The fourth-order valence-electron chi connectivity index (χ4n) is 1.60. The van der Waals surface area contributed by atoms with Crippen molar-refractivity contribution in [3.05, 3.63) is 44.6 Å². The third kappa shape index (κ3) is 2.42. The van der Waals surface area contributed by atoms with Gasteiger partial charge in [-0.2, -0.15) is 0 Å². The zero-order valence-corrected chi connectivity index (χ0v) is 12.3. The summed E-state index contributed by atoms with van der Waals surface area (Å²) in [5.74, 6) is 1.05. The molecule has 0 radical (unpaired) electrons. The molecule has 0 saturated heterocycles. The van der Waals surface area contributed by atoms with Crippen LogP contribution >= 0.6 is 27.3 Å². The molecule has 2 rings (SSSR count). The first-order chi connectivity index (χ1) is 8.67. The smallest absolute Gasteiger partial charge is 0.210 e. The lowest BCUT2D eigenvalue weighted by molar-refractivity contribution is 0.103. The molecule has 0 N–H and O–H groups in total. The lowest BCUT2D eigenvalue weighted by Crippen LogP contribution is -2.03. The molecule has 1 heterocycles. The highest BCUT2D eigenvalue weighted by molar-refractivity contribution is 9.10. The van der Waals surface area contributed by atoms with Crippen LogP contribution in [0, 0.1) is 0 Å². The first-order valence-corrected chi connectivity index (χ1v) is 6.84. The summed E-state index contributed by atoms with van der Waals surface area (Å²) in [5, 5.41) is 1.83. The monoisotopic (exact) mass is 326 g/mol. The van der Waals surface area contributed by atoms with Gasteiger partial charge in [-0.3, -0.25) is 4.79 Å². The molecule has 0 atom stereocenters. The van der Waals surface area contributed by atoms with E-state index in [1.54, 1.807) is 32.4 Å². The summed E-state index contributed by atoms with van der Waals surface area (Å²) in [6, 6.07) is 7.13. The van der Waals surface area contributed by atoms with Crippen LogP contribution in [-0.4, -0.2) is 20.0 Å². The van der Waals surface area contributed by atoms with Crippen molar-refractivity contribution in [1.82, 2.24) is 0 Å². The highest BCUT2D eigenvalue weighted by atomic mass is 79.9. The second kappa shape index (κ2) is 5.54. The highest BCUT2D eigenvalue weighted by Gasteiger charge is 2.19. The molecule has 94 valence electrons. The maximum Gasteiger partial charge on any atom is 0.210 e. The van der Waals surface area contributed by atoms with E-state index in [9.17, 15) is 4.79 Å². The van der Waals surface area contributed by atoms with Crippen molar-refractivity contribution in [1.29, 1.82) is 0 Å². The number of halogens is 1. The Morgan fingerprint density at radius 3 is 2.56 bits per heavy atom. The molecule has 0 aliphatic rings. The largest absolute Gasteiger partial charge is 0.496 e. The first kappa shape index (κ1) is 13.1. The Labute approximate surface area is 117 Å². The van der Waals surface area contributed by atoms with E-state index in [-0.39, 0.29) is 5.78 Å². The minimum atomic E-state index is -0.0972. The number of benzene rings is 1. The van der Waals surface area contributed by atoms with E-state index < -0.39 is 0 Å². The standard InChI is InChI=1S/C13H11BrO3S/c1-16-10-4-3-8(14)7-9(10)12(15)13-11(17-2)5-6-18-13/h3-7H,1-2H3. The van der Waals surface area contributed by atoms with Gasteiger partial charge < -0.3 is 9.47 Å². The fraction of sp³-hybridized carbons (Fsp3) is 0.154. The molecule has 2 aromatic rings. The lowest BCUT2D eigenvalue weighted by Gasteiger charge is -2.08. The van der Waals surface area contributed by atoms with Gasteiger partial charge in [0.05, 0.1) is 19.8 Å². The second-order valence-electron chi connectivity index (χ2n) is 3.49. The Bertz CT molecular complexity index is 577. The van der Waals surface area contributed by atoms with E-state index in [1.165, 1.54) is 11.3 Å². The molecule has 0 bridgehead atoms. The van der Waals surface area contributed by atoms with Gasteiger partial charge in [0.25, 0.3) is 0 Å². The Hall–Kier alpha value is -1.33. The van der Waals surface area contributed by atoms with Crippen molar-refractivity contribution in [2.24, 2.45) is 0 Å². The lowest BCUT2D eigenvalue weighted by atomic mass is 10.1. The topological polar surface area (TPSA) is 35.5 Å². The Balaban J connectivity index is 2.48. The molecular formula is C13H11BrO3S. The molecule has 0 fully saturated rings. The van der Waals surface area contributed by atoms with Gasteiger partial charge >= 0.3 is 0 Å². The molecule has 0 amide bonds. The Kier molecular flexibility index (Phi) is 4.04. The molecule has 18 heavy (non-hydrogen) atoms. The van der Waals surface area contributed by atoms with Crippen LogP contribution in [0.2, 0.25) is 0 Å². The SMILES string of the molecule is COc1ccc(Br)cc1C(=O)c1sccc1OC. The van der Waals surface area contributed by atoms with Crippen molar-refractivity contribution in [2.45, 2.75) is 0 Å². The maximum absolute atomic E-state index is 12.4. The van der Waals surface area contributed by atoms with Gasteiger partial charge in [-0.05, 0) is 29.6 Å². The highest BCUT2D eigenvalue weighted by Crippen LogP contribution is 2.31. The van der Waals surface area contributed by atoms with Crippen LogP contribution < -0.4 is 9.47 Å². The average Bonchev–Trinajstić information content (AvgIpc) is 2.86. The number of carbonyl (C=O) groups excluding carboxylic acids is 1. The van der Waals surface area contributed by atoms with Gasteiger partial charge in [0.2, 0.25) is 5.78 Å². The number of methoxy groups -OCH3 is 2. The third-order valence-corrected chi connectivity index (χ3v) is 3.85. The van der Waals surface area contributed by atoms with E-state index in [1.807, 2.05) is 11.4 Å². The number of carbonyl (C=O) groups is 1. The van der Waals surface area contributed by atoms with Crippen LogP contribution in [0.15, 0.2) is 34.1 Å². The van der Waals surface area contributed by atoms with Gasteiger partial charge in [0.15, 0.2) is 0 Å². The van der Waals surface area contributed by atoms with Crippen molar-refractivity contribution in [3.8, 4) is 11.5 Å². The van der Waals surface area contributed by atoms with Gasteiger partial charge in [-0.25, -0.2) is 0 Å². The second-order valence-corrected chi connectivity index (χ2v) is 5.32. The predicted molar refractivity (Wildman–Crippen MR) is 75.0 cm³/mol. The van der Waals surface area contributed by atoms with Gasteiger partial charge in [0, 0.05) is 4.47 Å². The molecular weight excluding hydrogens is 316 g/mol. The van der Waals surface area contributed by atoms with Crippen LogP contribution in [0.1, 0.15) is 15.2 Å². The summed E-state index contributed by atoms with van der Waals surface area (Å²) in [4.78, 5) is 13.0. The van der Waals surface area contributed by atoms with Crippen LogP contribution in [-0.2, 0) is 0 Å². The van der Waals surface area contributed by atoms with Gasteiger partial charge in [0.1, 0.15) is 16.4 Å². The maximum atomic E-state index is 12.4. The van der Waals surface area contributed by atoms with E-state index >= 15 is 0 Å². The Morgan fingerprint density at radius 1 is 1.17 bits per heavy atom.